The number of piperazine rings is 2. The molecule has 0 unspecified atom stereocenters. The normalized spacial score (nSPS) is 13.1. The van der Waals surface area contributed by atoms with Crippen LogP contribution in [0.4, 0.5) is 11.4 Å². The first-order valence-corrected chi connectivity index (χ1v) is 20.1. The third-order valence-corrected chi connectivity index (χ3v) is 10.8. The second-order valence-corrected chi connectivity index (χ2v) is 14.4. The van der Waals surface area contributed by atoms with Crippen molar-refractivity contribution in [1.82, 2.24) is 49.3 Å². The zero-order valence-corrected chi connectivity index (χ0v) is 45.1. The van der Waals surface area contributed by atoms with E-state index in [4.69, 9.17) is 64.2 Å². The predicted molar refractivity (Wildman–Crippen MR) is 232 cm³/mol. The third kappa shape index (κ3) is 14.8. The van der Waals surface area contributed by atoms with Crippen LogP contribution in [-0.2, 0) is 32.4 Å². The van der Waals surface area contributed by atoms with Crippen molar-refractivity contribution in [1.29, 1.82) is 0 Å². The van der Waals surface area contributed by atoms with Crippen LogP contribution < -0.4 is 132 Å². The minimum absolute atomic E-state index is 0. The van der Waals surface area contributed by atoms with E-state index in [-0.39, 0.29) is 136 Å². The fourth-order valence-corrected chi connectivity index (χ4v) is 7.27. The van der Waals surface area contributed by atoms with E-state index < -0.39 is 0 Å². The van der Waals surface area contributed by atoms with Crippen molar-refractivity contribution in [2.24, 2.45) is 0 Å². The number of benzene rings is 2. The van der Waals surface area contributed by atoms with Crippen LogP contribution in [0.15, 0.2) is 61.4 Å². The number of aliphatic hydroxyl groups excluding tert-OH is 1. The van der Waals surface area contributed by atoms with Crippen molar-refractivity contribution in [2.75, 3.05) is 90.6 Å². The summed E-state index contributed by atoms with van der Waals surface area (Å²) in [7, 11) is 5.74. The molecule has 2 aliphatic rings. The van der Waals surface area contributed by atoms with Crippen LogP contribution in [0.5, 0.6) is 17.4 Å². The summed E-state index contributed by atoms with van der Waals surface area (Å²) >= 11 is 18.2. The SMILES string of the molecule is CO.COc1cc(N2CCN(C(=O)Cn3ncc4c(Cl)ncnc43)CC2)ccc1Cl.COc1cc(N2CCN(C(=O)Cn3ncc4c(OC)ncnc43)CC2)ccc1Cl.O=CO[O-].[H-].[K+].[K+]. The van der Waals surface area contributed by atoms with Gasteiger partial charge in [-0.15, -0.1) is 0 Å². The summed E-state index contributed by atoms with van der Waals surface area (Å²) in [5.41, 5.74) is 3.19. The Balaban J connectivity index is 0.000000390. The molecule has 0 atom stereocenters. The van der Waals surface area contributed by atoms with Gasteiger partial charge in [0.1, 0.15) is 47.8 Å². The van der Waals surface area contributed by atoms with Crippen LogP contribution in [0, 0.1) is 0 Å². The predicted octanol–water partition coefficient (Wildman–Crippen LogP) is -3.50. The fraction of sp³-hybridized carbons (Fsp3) is 0.359. The fourth-order valence-electron chi connectivity index (χ4n) is 6.70. The van der Waals surface area contributed by atoms with Gasteiger partial charge < -0.3 is 50.5 Å². The summed E-state index contributed by atoms with van der Waals surface area (Å²) in [5, 5.41) is 26.7. The van der Waals surface area contributed by atoms with Crippen molar-refractivity contribution in [3.8, 4) is 17.4 Å². The van der Waals surface area contributed by atoms with Gasteiger partial charge in [-0.2, -0.15) is 10.2 Å². The number of fused-ring (bicyclic) bond motifs is 2. The molecule has 6 heterocycles. The summed E-state index contributed by atoms with van der Waals surface area (Å²) in [6, 6.07) is 11.4. The zero-order valence-electron chi connectivity index (χ0n) is 37.6. The molecule has 26 heteroatoms. The summed E-state index contributed by atoms with van der Waals surface area (Å²) < 4.78 is 18.9. The van der Waals surface area contributed by atoms with E-state index >= 15 is 0 Å². The molecule has 2 aromatic carbocycles. The average Bonchev–Trinajstić information content (AvgIpc) is 3.94. The van der Waals surface area contributed by atoms with E-state index in [1.165, 1.54) is 12.7 Å². The molecule has 4 aromatic heterocycles. The van der Waals surface area contributed by atoms with Crippen LogP contribution in [0.3, 0.4) is 0 Å². The summed E-state index contributed by atoms with van der Waals surface area (Å²) in [4.78, 5) is 61.2. The van der Waals surface area contributed by atoms with Gasteiger partial charge in [0.2, 0.25) is 17.7 Å². The second kappa shape index (κ2) is 28.4. The summed E-state index contributed by atoms with van der Waals surface area (Å²) in [6.45, 7) is 5.47. The molecule has 0 bridgehead atoms. The van der Waals surface area contributed by atoms with Crippen molar-refractivity contribution in [3.63, 3.8) is 0 Å². The number of ether oxygens (including phenoxy) is 3. The standard InChI is InChI=1S/C19H21ClN6O3.C18H18Cl2N6O2.CH2O3.CH4O.2K.H/c1-28-16-9-13(3-4-15(16)20)24-5-7-25(8-6-24)17(27)11-26-18-14(10-23-26)19(29-2)22-12-21-18;1-28-15-8-12(2-3-14(15)19)24-4-6-25(7-5-24)16(27)10-26-18-13(9-23-26)17(20)21-11-22-18;2-1-4-3;1-2;;;/h3-4,9-10,12H,5-8,11H2,1-2H3;2-3,8-9,11H,4-7,10H2,1H3;1,3H;2H,1H3;;;/q;;;;2*+1;-1/p-1. The van der Waals surface area contributed by atoms with Gasteiger partial charge in [0, 0.05) is 83.0 Å². The van der Waals surface area contributed by atoms with E-state index in [1.54, 1.807) is 43.1 Å². The number of carbonyl (C=O) groups is 3. The number of amides is 2. The smallest absolute Gasteiger partial charge is 1.00 e. The number of nitrogens with zero attached hydrogens (tertiary/aromatic N) is 12. The Kier molecular flexibility index (Phi) is 24.6. The Morgan fingerprint density at radius 3 is 1.51 bits per heavy atom. The Labute approximate surface area is 475 Å². The number of aliphatic hydroxyl groups is 1. The number of hydrogen-bond acceptors (Lipinski definition) is 17. The molecule has 2 amide bonds. The van der Waals surface area contributed by atoms with Gasteiger partial charge in [-0.05, 0) is 24.3 Å². The number of anilines is 2. The van der Waals surface area contributed by atoms with Crippen molar-refractivity contribution in [2.45, 2.75) is 13.1 Å². The van der Waals surface area contributed by atoms with Crippen molar-refractivity contribution in [3.05, 3.63) is 76.6 Å². The van der Waals surface area contributed by atoms with Crippen LogP contribution in [0.1, 0.15) is 1.43 Å². The molecule has 0 saturated carbocycles. The van der Waals surface area contributed by atoms with E-state index in [9.17, 15) is 9.59 Å². The van der Waals surface area contributed by atoms with Crippen molar-refractivity contribution >= 4 is 86.5 Å². The maximum atomic E-state index is 12.8. The number of carbonyl (C=O) groups excluding carboxylic acids is 3. The van der Waals surface area contributed by atoms with E-state index in [0.717, 1.165) is 44.7 Å². The molecule has 0 spiro atoms. The molecular weight excluding hydrogens is 965 g/mol. The molecule has 6 aromatic rings. The first kappa shape index (κ1) is 56.3. The number of aromatic nitrogens is 8. The molecule has 21 nitrogen and oxygen atoms in total. The molecule has 0 radical (unpaired) electrons. The van der Waals surface area contributed by atoms with Gasteiger partial charge in [-0.3, -0.25) is 14.4 Å². The molecule has 65 heavy (non-hydrogen) atoms. The maximum absolute atomic E-state index is 12.8. The minimum atomic E-state index is -0.181. The summed E-state index contributed by atoms with van der Waals surface area (Å²) in [5.74, 6) is 1.73. The van der Waals surface area contributed by atoms with E-state index in [0.29, 0.717) is 80.8 Å². The van der Waals surface area contributed by atoms with Crippen molar-refractivity contribution < 1.29 is 148 Å². The number of methoxy groups -OCH3 is 3. The molecule has 1 N–H and O–H groups in total. The van der Waals surface area contributed by atoms with Gasteiger partial charge in [0.05, 0.1) is 49.2 Å². The van der Waals surface area contributed by atoms with Gasteiger partial charge in [0.25, 0.3) is 6.47 Å². The number of halogens is 3. The topological polar surface area (TPSA) is 232 Å². The Morgan fingerprint density at radius 1 is 0.677 bits per heavy atom. The number of rotatable bonds is 10. The third-order valence-electron chi connectivity index (χ3n) is 9.85. The Hall–Kier alpha value is -2.99. The van der Waals surface area contributed by atoms with Gasteiger partial charge in [0.15, 0.2) is 11.3 Å². The molecule has 2 saturated heterocycles. The first-order valence-electron chi connectivity index (χ1n) is 19.0. The largest absolute Gasteiger partial charge is 1.00 e. The van der Waals surface area contributed by atoms with E-state index in [2.05, 4.69) is 44.8 Å². The average molecular weight is 1010 g/mol. The molecule has 8 rings (SSSR count). The molecule has 0 aliphatic carbocycles. The van der Waals surface area contributed by atoms with Crippen LogP contribution >= 0.6 is 34.8 Å². The second-order valence-electron chi connectivity index (χ2n) is 13.2. The Morgan fingerprint density at radius 2 is 1.09 bits per heavy atom. The molecular formula is C39H45Cl3K2N12O9. The quantitative estimate of drug-likeness (QED) is 0.0461. The van der Waals surface area contributed by atoms with E-state index in [1.807, 2.05) is 46.2 Å². The van der Waals surface area contributed by atoms with Crippen LogP contribution in [-0.4, -0.2) is 153 Å². The minimum Gasteiger partial charge on any atom is -1.00 e. The van der Waals surface area contributed by atoms with Crippen LogP contribution in [0.25, 0.3) is 22.1 Å². The maximum Gasteiger partial charge on any atom is 1.00 e. The molecule has 338 valence electrons. The summed E-state index contributed by atoms with van der Waals surface area (Å²) in [6.07, 6.45) is 5.97. The molecule has 2 fully saturated rings. The van der Waals surface area contributed by atoms with Gasteiger partial charge in [-0.25, -0.2) is 29.3 Å². The van der Waals surface area contributed by atoms with Gasteiger partial charge >= 0.3 is 103 Å². The zero-order chi connectivity index (χ0) is 45.5. The first-order chi connectivity index (χ1) is 30.6. The number of hydrogen-bond donors (Lipinski definition) is 1. The van der Waals surface area contributed by atoms with Crippen LogP contribution in [0.2, 0.25) is 15.2 Å². The molecule has 2 aliphatic heterocycles. The monoisotopic (exact) mass is 1010 g/mol. The van der Waals surface area contributed by atoms with Gasteiger partial charge in [-0.1, -0.05) is 34.8 Å². The Bertz CT molecular complexity index is 2480.